The van der Waals surface area contributed by atoms with Crippen molar-refractivity contribution in [1.82, 2.24) is 9.78 Å². The maximum atomic E-state index is 13.3. The predicted octanol–water partition coefficient (Wildman–Crippen LogP) is 2.09. The molecule has 0 spiro atoms. The Morgan fingerprint density at radius 2 is 2.29 bits per heavy atom. The molecule has 0 fully saturated rings. The molecule has 2 aromatic rings. The van der Waals surface area contributed by atoms with E-state index in [1.54, 1.807) is 18.5 Å². The molecule has 1 aromatic carbocycles. The van der Waals surface area contributed by atoms with E-state index in [9.17, 15) is 4.39 Å². The molecule has 4 nitrogen and oxygen atoms in total. The SMILES string of the molecule is COc1cc(F)cc(-n2cc(CC#N)cn2)c1. The second kappa shape index (κ2) is 4.66. The van der Waals surface area contributed by atoms with Gasteiger partial charge in [-0.2, -0.15) is 10.4 Å². The minimum Gasteiger partial charge on any atom is -0.497 e. The maximum absolute atomic E-state index is 13.3. The van der Waals surface area contributed by atoms with E-state index in [2.05, 4.69) is 5.10 Å². The second-order valence-electron chi connectivity index (χ2n) is 3.48. The first-order valence-corrected chi connectivity index (χ1v) is 4.98. The summed E-state index contributed by atoms with van der Waals surface area (Å²) in [6.07, 6.45) is 3.56. The second-order valence-corrected chi connectivity index (χ2v) is 3.48. The number of hydrogen-bond donors (Lipinski definition) is 0. The van der Waals surface area contributed by atoms with E-state index in [1.807, 2.05) is 6.07 Å². The molecule has 0 atom stereocenters. The molecule has 0 aliphatic rings. The van der Waals surface area contributed by atoms with Crippen LogP contribution in [-0.2, 0) is 6.42 Å². The zero-order chi connectivity index (χ0) is 12.3. The van der Waals surface area contributed by atoms with Crippen LogP contribution < -0.4 is 4.74 Å². The van der Waals surface area contributed by atoms with Gasteiger partial charge in [0.05, 0.1) is 31.5 Å². The largest absolute Gasteiger partial charge is 0.497 e. The molecule has 17 heavy (non-hydrogen) atoms. The number of ether oxygens (including phenoxy) is 1. The van der Waals surface area contributed by atoms with E-state index in [0.717, 1.165) is 5.56 Å². The van der Waals surface area contributed by atoms with E-state index in [4.69, 9.17) is 10.00 Å². The van der Waals surface area contributed by atoms with Gasteiger partial charge in [0.1, 0.15) is 11.6 Å². The van der Waals surface area contributed by atoms with Gasteiger partial charge in [0.2, 0.25) is 0 Å². The number of hydrogen-bond acceptors (Lipinski definition) is 3. The number of rotatable bonds is 3. The lowest BCUT2D eigenvalue weighted by atomic mass is 10.2. The fraction of sp³-hybridized carbons (Fsp3) is 0.167. The lowest BCUT2D eigenvalue weighted by Gasteiger charge is -2.05. The first kappa shape index (κ1) is 11.1. The molecular formula is C12H10FN3O. The lowest BCUT2D eigenvalue weighted by molar-refractivity contribution is 0.411. The Hall–Kier alpha value is -2.35. The van der Waals surface area contributed by atoms with Crippen LogP contribution in [0.1, 0.15) is 5.56 Å². The van der Waals surface area contributed by atoms with E-state index in [-0.39, 0.29) is 6.42 Å². The topological polar surface area (TPSA) is 50.8 Å². The van der Waals surface area contributed by atoms with Crippen molar-refractivity contribution in [2.24, 2.45) is 0 Å². The maximum Gasteiger partial charge on any atom is 0.129 e. The summed E-state index contributed by atoms with van der Waals surface area (Å²) in [4.78, 5) is 0. The summed E-state index contributed by atoms with van der Waals surface area (Å²) in [7, 11) is 1.47. The molecule has 1 heterocycles. The smallest absolute Gasteiger partial charge is 0.129 e. The van der Waals surface area contributed by atoms with Gasteiger partial charge >= 0.3 is 0 Å². The molecule has 0 aliphatic carbocycles. The van der Waals surface area contributed by atoms with E-state index in [1.165, 1.54) is 23.9 Å². The number of benzene rings is 1. The first-order valence-electron chi connectivity index (χ1n) is 4.98. The molecular weight excluding hydrogens is 221 g/mol. The van der Waals surface area contributed by atoms with Crippen molar-refractivity contribution < 1.29 is 9.13 Å². The van der Waals surface area contributed by atoms with Crippen molar-refractivity contribution in [3.63, 3.8) is 0 Å². The van der Waals surface area contributed by atoms with Gasteiger partial charge in [0, 0.05) is 23.9 Å². The van der Waals surface area contributed by atoms with Gasteiger partial charge in [-0.3, -0.25) is 0 Å². The molecule has 0 unspecified atom stereocenters. The molecule has 0 bridgehead atoms. The van der Waals surface area contributed by atoms with Crippen LogP contribution in [-0.4, -0.2) is 16.9 Å². The molecule has 0 aliphatic heterocycles. The van der Waals surface area contributed by atoms with Crippen molar-refractivity contribution in [3.05, 3.63) is 42.0 Å². The summed E-state index contributed by atoms with van der Waals surface area (Å²) in [5.41, 5.74) is 1.35. The van der Waals surface area contributed by atoms with Gasteiger partial charge in [0.25, 0.3) is 0 Å². The standard InChI is InChI=1S/C12H10FN3O/c1-17-12-5-10(13)4-11(6-12)16-8-9(2-3-14)7-15-16/h4-8H,2H2,1H3. The van der Waals surface area contributed by atoms with Crippen LogP contribution in [0.15, 0.2) is 30.6 Å². The summed E-state index contributed by atoms with van der Waals surface area (Å²) in [5, 5.41) is 12.6. The number of nitriles is 1. The van der Waals surface area contributed by atoms with Gasteiger partial charge in [-0.25, -0.2) is 9.07 Å². The molecule has 0 N–H and O–H groups in total. The van der Waals surface area contributed by atoms with E-state index >= 15 is 0 Å². The van der Waals surface area contributed by atoms with Gasteiger partial charge in [-0.15, -0.1) is 0 Å². The molecule has 0 saturated carbocycles. The third-order valence-electron chi connectivity index (χ3n) is 2.28. The summed E-state index contributed by atoms with van der Waals surface area (Å²) in [5.74, 6) is 0.0361. The number of nitrogens with zero attached hydrogens (tertiary/aromatic N) is 3. The highest BCUT2D eigenvalue weighted by molar-refractivity contribution is 5.39. The van der Waals surface area contributed by atoms with Crippen LogP contribution in [0.2, 0.25) is 0 Å². The highest BCUT2D eigenvalue weighted by atomic mass is 19.1. The zero-order valence-corrected chi connectivity index (χ0v) is 9.22. The summed E-state index contributed by atoms with van der Waals surface area (Å²) < 4.78 is 19.8. The van der Waals surface area contributed by atoms with Gasteiger partial charge < -0.3 is 4.74 Å². The fourth-order valence-corrected chi connectivity index (χ4v) is 1.48. The number of aromatic nitrogens is 2. The highest BCUT2D eigenvalue weighted by Gasteiger charge is 2.05. The third-order valence-corrected chi connectivity index (χ3v) is 2.28. The first-order chi connectivity index (χ1) is 8.22. The quantitative estimate of drug-likeness (QED) is 0.812. The summed E-state index contributed by atoms with van der Waals surface area (Å²) in [6.45, 7) is 0. The Morgan fingerprint density at radius 3 is 3.00 bits per heavy atom. The van der Waals surface area contributed by atoms with Gasteiger partial charge in [0.15, 0.2) is 0 Å². The fourth-order valence-electron chi connectivity index (χ4n) is 1.48. The average molecular weight is 231 g/mol. The molecule has 0 radical (unpaired) electrons. The van der Waals surface area contributed by atoms with Crippen molar-refractivity contribution in [2.45, 2.75) is 6.42 Å². The van der Waals surface area contributed by atoms with Gasteiger partial charge in [-0.05, 0) is 6.07 Å². The molecule has 0 saturated heterocycles. The van der Waals surface area contributed by atoms with Crippen LogP contribution in [0.3, 0.4) is 0 Å². The zero-order valence-electron chi connectivity index (χ0n) is 9.22. The Bertz CT molecular complexity index is 571. The molecule has 1 aromatic heterocycles. The minimum atomic E-state index is -0.392. The Balaban J connectivity index is 2.38. The van der Waals surface area contributed by atoms with Crippen LogP contribution in [0.25, 0.3) is 5.69 Å². The third kappa shape index (κ3) is 2.42. The normalized spacial score (nSPS) is 9.94. The molecule has 5 heteroatoms. The average Bonchev–Trinajstić information content (AvgIpc) is 2.77. The predicted molar refractivity (Wildman–Crippen MR) is 59.4 cm³/mol. The highest BCUT2D eigenvalue weighted by Crippen LogP contribution is 2.19. The van der Waals surface area contributed by atoms with E-state index < -0.39 is 5.82 Å². The minimum absolute atomic E-state index is 0.284. The van der Waals surface area contributed by atoms with Crippen molar-refractivity contribution in [2.75, 3.05) is 7.11 Å². The summed E-state index contributed by atoms with van der Waals surface area (Å²) >= 11 is 0. The Morgan fingerprint density at radius 1 is 1.47 bits per heavy atom. The van der Waals surface area contributed by atoms with Crippen molar-refractivity contribution >= 4 is 0 Å². The monoisotopic (exact) mass is 231 g/mol. The lowest BCUT2D eigenvalue weighted by Crippen LogP contribution is -1.96. The number of methoxy groups -OCH3 is 1. The summed E-state index contributed by atoms with van der Waals surface area (Å²) in [6, 6.07) is 6.35. The Labute approximate surface area is 97.9 Å². The Kier molecular flexibility index (Phi) is 3.06. The molecule has 0 amide bonds. The molecule has 86 valence electrons. The molecule has 2 rings (SSSR count). The van der Waals surface area contributed by atoms with Crippen LogP contribution >= 0.6 is 0 Å². The van der Waals surface area contributed by atoms with Gasteiger partial charge in [-0.1, -0.05) is 0 Å². The van der Waals surface area contributed by atoms with Crippen molar-refractivity contribution in [3.8, 4) is 17.5 Å². The van der Waals surface area contributed by atoms with E-state index in [0.29, 0.717) is 11.4 Å². The van der Waals surface area contributed by atoms with Crippen LogP contribution in [0, 0.1) is 17.1 Å². The number of halogens is 1. The van der Waals surface area contributed by atoms with Crippen molar-refractivity contribution in [1.29, 1.82) is 5.26 Å². The van der Waals surface area contributed by atoms with Crippen LogP contribution in [0.5, 0.6) is 5.75 Å². The van der Waals surface area contributed by atoms with Crippen LogP contribution in [0.4, 0.5) is 4.39 Å².